The molecule has 0 spiro atoms. The zero-order valence-electron chi connectivity index (χ0n) is 20.0. The number of benzene rings is 3. The molecule has 0 aromatic heterocycles. The Morgan fingerprint density at radius 2 is 1.61 bits per heavy atom. The molecule has 0 bridgehead atoms. The van der Waals surface area contributed by atoms with Gasteiger partial charge in [-0.3, -0.25) is 0 Å². The third-order valence-electron chi connectivity index (χ3n) is 6.26. The molecule has 1 heterocycles. The van der Waals surface area contributed by atoms with Gasteiger partial charge in [-0.2, -0.15) is 8.97 Å². The predicted molar refractivity (Wildman–Crippen MR) is 132 cm³/mol. The summed E-state index contributed by atoms with van der Waals surface area (Å²) in [5.41, 5.74) is 5.65. The van der Waals surface area contributed by atoms with Crippen molar-refractivity contribution in [1.29, 1.82) is 0 Å². The minimum absolute atomic E-state index is 0.0257. The Labute approximate surface area is 200 Å². The smallest absolute Gasteiger partial charge is 0.260 e. The summed E-state index contributed by atoms with van der Waals surface area (Å²) in [5.74, 6) is 0.972. The van der Waals surface area contributed by atoms with Crippen LogP contribution in [0.25, 0.3) is 0 Å². The summed E-state index contributed by atoms with van der Waals surface area (Å²) in [7, 11) is 3.26. The third-order valence-corrected chi connectivity index (χ3v) is 6.57. The maximum atomic E-state index is 15.2. The van der Waals surface area contributed by atoms with Gasteiger partial charge in [0.05, 0.1) is 19.8 Å². The molecular weight excluding hydrogens is 437 g/mol. The Morgan fingerprint density at radius 1 is 0.970 bits per heavy atom. The van der Waals surface area contributed by atoms with Crippen molar-refractivity contribution in [2.75, 3.05) is 14.2 Å². The standard InChI is InChI=1S/C28H30ClFNO2/c1-17-14-19-15-24(32-5)25(33-6)16-21(19)26(18-10-12-20(13-11-18)28(2,3)4)31(17)27-22(29)8-7-9-23(27)30/h7-13,15-17H,14H2,1-6H3/q+1. The second-order valence-electron chi connectivity index (χ2n) is 9.53. The summed E-state index contributed by atoms with van der Waals surface area (Å²) in [6.07, 6.45) is 0.712. The summed E-state index contributed by atoms with van der Waals surface area (Å²) in [4.78, 5) is 0. The highest BCUT2D eigenvalue weighted by Gasteiger charge is 2.37. The highest BCUT2D eigenvalue weighted by molar-refractivity contribution is 6.32. The van der Waals surface area contributed by atoms with Crippen LogP contribution < -0.4 is 9.47 Å². The van der Waals surface area contributed by atoms with Gasteiger partial charge in [-0.15, -0.1) is 0 Å². The lowest BCUT2D eigenvalue weighted by Gasteiger charge is -2.25. The van der Waals surface area contributed by atoms with Gasteiger partial charge in [0.1, 0.15) is 5.02 Å². The lowest BCUT2D eigenvalue weighted by Crippen LogP contribution is -2.35. The maximum Gasteiger partial charge on any atom is 0.260 e. The molecule has 172 valence electrons. The Hall–Kier alpha value is -2.85. The number of para-hydroxylation sites is 1. The Morgan fingerprint density at radius 3 is 2.18 bits per heavy atom. The van der Waals surface area contributed by atoms with Gasteiger partial charge in [-0.25, -0.2) is 0 Å². The van der Waals surface area contributed by atoms with E-state index in [1.54, 1.807) is 26.4 Å². The average molecular weight is 467 g/mol. The number of ether oxygens (including phenoxy) is 2. The molecule has 0 saturated carbocycles. The number of fused-ring (bicyclic) bond motifs is 1. The van der Waals surface area contributed by atoms with Gasteiger partial charge in [0.15, 0.2) is 23.4 Å². The van der Waals surface area contributed by atoms with E-state index in [2.05, 4.69) is 52.0 Å². The molecule has 1 unspecified atom stereocenters. The lowest BCUT2D eigenvalue weighted by molar-refractivity contribution is -0.483. The van der Waals surface area contributed by atoms with Crippen LogP contribution in [0.4, 0.5) is 10.1 Å². The Balaban J connectivity index is 2.06. The van der Waals surface area contributed by atoms with Crippen molar-refractivity contribution in [3.05, 3.63) is 87.7 Å². The first kappa shape index (κ1) is 23.3. The number of halogens is 2. The van der Waals surface area contributed by atoms with Gasteiger partial charge in [-0.05, 0) is 59.9 Å². The van der Waals surface area contributed by atoms with Gasteiger partial charge in [0, 0.05) is 12.0 Å². The summed E-state index contributed by atoms with van der Waals surface area (Å²) in [5, 5.41) is 0.384. The molecule has 0 amide bonds. The van der Waals surface area contributed by atoms with Gasteiger partial charge in [0.2, 0.25) is 5.71 Å². The van der Waals surface area contributed by atoms with Gasteiger partial charge in [0.25, 0.3) is 5.69 Å². The summed E-state index contributed by atoms with van der Waals surface area (Å²) >= 11 is 6.56. The average Bonchev–Trinajstić information content (AvgIpc) is 2.77. The Kier molecular flexibility index (Phi) is 6.24. The monoisotopic (exact) mass is 466 g/mol. The molecule has 3 aromatic carbocycles. The van der Waals surface area contributed by atoms with Crippen molar-refractivity contribution < 1.29 is 18.4 Å². The fraction of sp³-hybridized carbons (Fsp3) is 0.321. The fourth-order valence-electron chi connectivity index (χ4n) is 4.54. The van der Waals surface area contributed by atoms with E-state index in [1.165, 1.54) is 11.6 Å². The molecular formula is C28H30ClFNO2+. The second kappa shape index (κ2) is 8.83. The topological polar surface area (TPSA) is 21.5 Å². The lowest BCUT2D eigenvalue weighted by atomic mass is 9.84. The summed E-state index contributed by atoms with van der Waals surface area (Å²) < 4.78 is 28.4. The molecule has 0 fully saturated rings. The molecule has 0 N–H and O–H groups in total. The van der Waals surface area contributed by atoms with E-state index >= 15 is 4.39 Å². The van der Waals surface area contributed by atoms with E-state index in [0.717, 1.165) is 22.4 Å². The summed E-state index contributed by atoms with van der Waals surface area (Å²) in [6.45, 7) is 8.66. The van der Waals surface area contributed by atoms with Crippen molar-refractivity contribution in [2.24, 2.45) is 0 Å². The zero-order chi connectivity index (χ0) is 23.9. The molecule has 1 atom stereocenters. The zero-order valence-corrected chi connectivity index (χ0v) is 20.8. The molecule has 5 heteroatoms. The minimum atomic E-state index is -0.345. The highest BCUT2D eigenvalue weighted by atomic mass is 35.5. The molecule has 3 nitrogen and oxygen atoms in total. The van der Waals surface area contributed by atoms with E-state index < -0.39 is 0 Å². The fourth-order valence-corrected chi connectivity index (χ4v) is 4.80. The Bertz CT molecular complexity index is 1210. The SMILES string of the molecule is COc1cc2c(cc1OC)C(c1ccc(C(C)(C)C)cc1)=[N+](c1c(F)cccc1Cl)C(C)C2. The second-order valence-corrected chi connectivity index (χ2v) is 9.94. The molecule has 3 aromatic rings. The number of rotatable bonds is 4. The van der Waals surface area contributed by atoms with E-state index in [4.69, 9.17) is 21.1 Å². The molecule has 0 aliphatic carbocycles. The van der Waals surface area contributed by atoms with Crippen molar-refractivity contribution in [3.8, 4) is 11.5 Å². The summed E-state index contributed by atoms with van der Waals surface area (Å²) in [6, 6.07) is 17.3. The first-order valence-corrected chi connectivity index (χ1v) is 11.5. The van der Waals surface area contributed by atoms with Crippen LogP contribution in [-0.2, 0) is 11.8 Å². The molecule has 4 rings (SSSR count). The van der Waals surface area contributed by atoms with Gasteiger partial charge in [-0.1, -0.05) is 50.6 Å². The largest absolute Gasteiger partial charge is 0.493 e. The van der Waals surface area contributed by atoms with Crippen molar-refractivity contribution in [1.82, 2.24) is 0 Å². The third kappa shape index (κ3) is 4.24. The number of methoxy groups -OCH3 is 2. The van der Waals surface area contributed by atoms with Crippen LogP contribution in [0.15, 0.2) is 54.6 Å². The molecule has 33 heavy (non-hydrogen) atoms. The first-order valence-electron chi connectivity index (χ1n) is 11.1. The van der Waals surface area contributed by atoms with E-state index in [9.17, 15) is 0 Å². The van der Waals surface area contributed by atoms with Crippen LogP contribution in [0.1, 0.15) is 49.9 Å². The number of nitrogens with zero attached hydrogens (tertiary/aromatic N) is 1. The van der Waals surface area contributed by atoms with Crippen molar-refractivity contribution >= 4 is 23.0 Å². The van der Waals surface area contributed by atoms with Crippen LogP contribution >= 0.6 is 11.6 Å². The number of hydrogen-bond donors (Lipinski definition) is 0. The van der Waals surface area contributed by atoms with Gasteiger partial charge >= 0.3 is 0 Å². The van der Waals surface area contributed by atoms with Crippen molar-refractivity contribution in [3.63, 3.8) is 0 Å². The van der Waals surface area contributed by atoms with Crippen LogP contribution in [0.3, 0.4) is 0 Å². The minimum Gasteiger partial charge on any atom is -0.493 e. The number of hydrogen-bond acceptors (Lipinski definition) is 2. The van der Waals surface area contributed by atoms with Crippen LogP contribution in [0.2, 0.25) is 5.02 Å². The molecule has 0 radical (unpaired) electrons. The first-order chi connectivity index (χ1) is 15.7. The van der Waals surface area contributed by atoms with Crippen LogP contribution in [0, 0.1) is 5.82 Å². The highest BCUT2D eigenvalue weighted by Crippen LogP contribution is 2.39. The van der Waals surface area contributed by atoms with E-state index in [0.29, 0.717) is 28.6 Å². The van der Waals surface area contributed by atoms with E-state index in [-0.39, 0.29) is 17.3 Å². The maximum absolute atomic E-state index is 15.2. The van der Waals surface area contributed by atoms with Crippen LogP contribution in [0.5, 0.6) is 11.5 Å². The molecule has 0 saturated heterocycles. The normalized spacial score (nSPS) is 15.9. The van der Waals surface area contributed by atoms with Crippen LogP contribution in [-0.4, -0.2) is 30.5 Å². The molecule has 1 aliphatic heterocycles. The molecule has 1 aliphatic rings. The van der Waals surface area contributed by atoms with Gasteiger partial charge < -0.3 is 9.47 Å². The van der Waals surface area contributed by atoms with E-state index in [1.807, 2.05) is 16.7 Å². The van der Waals surface area contributed by atoms with Crippen molar-refractivity contribution in [2.45, 2.75) is 45.6 Å². The quantitative estimate of drug-likeness (QED) is 0.389. The predicted octanol–water partition coefficient (Wildman–Crippen LogP) is 6.92.